The molecule has 2 N–H and O–H groups in total. The van der Waals surface area contributed by atoms with E-state index in [-0.39, 0.29) is 30.9 Å². The molecule has 1 aliphatic heterocycles. The molecule has 1 aromatic rings. The van der Waals surface area contributed by atoms with Crippen molar-refractivity contribution in [2.24, 2.45) is 5.92 Å². The molecule has 5 nitrogen and oxygen atoms in total. The van der Waals surface area contributed by atoms with Crippen molar-refractivity contribution >= 4 is 5.91 Å². The van der Waals surface area contributed by atoms with Crippen LogP contribution in [0.25, 0.3) is 0 Å². The van der Waals surface area contributed by atoms with Crippen LogP contribution >= 0.6 is 0 Å². The molecule has 0 aromatic carbocycles. The molecule has 1 atom stereocenters. The van der Waals surface area contributed by atoms with Gasteiger partial charge in [-0.25, -0.2) is 4.98 Å². The second-order valence-corrected chi connectivity index (χ2v) is 7.39. The lowest BCUT2D eigenvalue weighted by Gasteiger charge is -2.29. The first-order valence-electron chi connectivity index (χ1n) is 9.54. The number of ether oxygens (including phenoxy) is 1. The summed E-state index contributed by atoms with van der Waals surface area (Å²) < 4.78 is 44.0. The lowest BCUT2D eigenvalue weighted by atomic mass is 9.87. The van der Waals surface area contributed by atoms with Crippen molar-refractivity contribution < 1.29 is 22.7 Å². The minimum absolute atomic E-state index is 0.00588. The maximum absolute atomic E-state index is 12.7. The number of nitrogens with one attached hydrogen (secondary N) is 2. The molecule has 1 amide bonds. The van der Waals surface area contributed by atoms with Gasteiger partial charge in [-0.05, 0) is 57.6 Å². The van der Waals surface area contributed by atoms with Gasteiger partial charge in [-0.15, -0.1) is 0 Å². The molecule has 1 aromatic heterocycles. The Hall–Kier alpha value is -1.83. The Labute approximate surface area is 157 Å². The molecule has 2 aliphatic rings. The van der Waals surface area contributed by atoms with E-state index in [1.807, 2.05) is 13.0 Å². The third-order valence-electron chi connectivity index (χ3n) is 5.42. The van der Waals surface area contributed by atoms with Gasteiger partial charge in [-0.2, -0.15) is 13.2 Å². The van der Waals surface area contributed by atoms with Gasteiger partial charge in [0.05, 0.1) is 12.0 Å². The number of pyridine rings is 1. The first kappa shape index (κ1) is 19.9. The highest BCUT2D eigenvalue weighted by Crippen LogP contribution is 2.38. The smallest absolute Gasteiger partial charge is 0.391 e. The fourth-order valence-corrected chi connectivity index (χ4v) is 3.71. The summed E-state index contributed by atoms with van der Waals surface area (Å²) in [5.74, 6) is -0.795. The summed E-state index contributed by atoms with van der Waals surface area (Å²) in [7, 11) is 0. The van der Waals surface area contributed by atoms with Crippen molar-refractivity contribution in [1.82, 2.24) is 15.6 Å². The number of aromatic nitrogens is 1. The van der Waals surface area contributed by atoms with Crippen molar-refractivity contribution in [2.45, 2.75) is 70.3 Å². The van der Waals surface area contributed by atoms with E-state index in [1.54, 1.807) is 6.07 Å². The number of aryl methyl sites for hydroxylation is 1. The van der Waals surface area contributed by atoms with Crippen LogP contribution < -0.4 is 15.4 Å². The number of carbonyl (C=O) groups is 1. The van der Waals surface area contributed by atoms with E-state index in [1.165, 1.54) is 0 Å². The molecule has 0 radical (unpaired) electrons. The minimum atomic E-state index is -4.11. The van der Waals surface area contributed by atoms with E-state index in [9.17, 15) is 18.0 Å². The Balaban J connectivity index is 1.49. The molecule has 2 fully saturated rings. The van der Waals surface area contributed by atoms with Gasteiger partial charge in [0.15, 0.2) is 0 Å². The highest BCUT2D eigenvalue weighted by Gasteiger charge is 2.41. The highest BCUT2D eigenvalue weighted by atomic mass is 19.4. The molecule has 2 heterocycles. The number of halogens is 3. The fraction of sp³-hybridized carbons (Fsp3) is 0.684. The number of nitrogens with zero attached hydrogens (tertiary/aromatic N) is 1. The van der Waals surface area contributed by atoms with Crippen molar-refractivity contribution in [3.8, 4) is 5.88 Å². The van der Waals surface area contributed by atoms with Crippen molar-refractivity contribution in [1.29, 1.82) is 0 Å². The molecule has 1 saturated carbocycles. The average molecular weight is 385 g/mol. The Morgan fingerprint density at radius 3 is 2.59 bits per heavy atom. The van der Waals surface area contributed by atoms with Crippen molar-refractivity contribution in [3.63, 3.8) is 0 Å². The largest absolute Gasteiger partial charge is 0.474 e. The van der Waals surface area contributed by atoms with Crippen molar-refractivity contribution in [3.05, 3.63) is 23.4 Å². The summed E-state index contributed by atoms with van der Waals surface area (Å²) in [4.78, 5) is 16.5. The van der Waals surface area contributed by atoms with E-state index < -0.39 is 12.1 Å². The van der Waals surface area contributed by atoms with Gasteiger partial charge < -0.3 is 15.4 Å². The number of hydrogen-bond acceptors (Lipinski definition) is 4. The van der Waals surface area contributed by atoms with Gasteiger partial charge >= 0.3 is 6.18 Å². The van der Waals surface area contributed by atoms with E-state index in [2.05, 4.69) is 15.6 Å². The topological polar surface area (TPSA) is 63.2 Å². The Morgan fingerprint density at radius 2 is 2.00 bits per heavy atom. The zero-order valence-corrected chi connectivity index (χ0v) is 15.4. The van der Waals surface area contributed by atoms with E-state index in [4.69, 9.17) is 4.74 Å². The molecule has 0 bridgehead atoms. The third-order valence-corrected chi connectivity index (χ3v) is 5.42. The van der Waals surface area contributed by atoms with Crippen LogP contribution in [0.3, 0.4) is 0 Å². The molecule has 3 rings (SSSR count). The molecule has 8 heteroatoms. The Morgan fingerprint density at radius 1 is 1.26 bits per heavy atom. The van der Waals surface area contributed by atoms with Gasteiger partial charge in [0, 0.05) is 18.3 Å². The summed E-state index contributed by atoms with van der Waals surface area (Å²) in [6.07, 6.45) is -1.50. The lowest BCUT2D eigenvalue weighted by molar-refractivity contribution is -0.185. The van der Waals surface area contributed by atoms with E-state index in [0.717, 1.165) is 30.6 Å². The van der Waals surface area contributed by atoms with Crippen LogP contribution in [0.1, 0.15) is 49.8 Å². The van der Waals surface area contributed by atoms with Crippen molar-refractivity contribution in [2.75, 3.05) is 6.54 Å². The monoisotopic (exact) mass is 385 g/mol. The average Bonchev–Trinajstić information content (AvgIpc) is 3.15. The normalized spacial score (nSPS) is 26.0. The number of amides is 1. The highest BCUT2D eigenvalue weighted by molar-refractivity contribution is 5.81. The summed E-state index contributed by atoms with van der Waals surface area (Å²) in [6.45, 7) is 3.10. The van der Waals surface area contributed by atoms with Crippen LogP contribution in [0.15, 0.2) is 12.1 Å². The number of carbonyl (C=O) groups excluding carboxylic acids is 1. The summed E-state index contributed by atoms with van der Waals surface area (Å²) in [5, 5.41) is 6.07. The van der Waals surface area contributed by atoms with Gasteiger partial charge in [0.2, 0.25) is 11.8 Å². The van der Waals surface area contributed by atoms with Crippen LogP contribution in [-0.4, -0.2) is 35.8 Å². The molecule has 1 aliphatic carbocycles. The second kappa shape index (κ2) is 8.46. The molecule has 0 spiro atoms. The Kier molecular flexibility index (Phi) is 6.24. The third kappa shape index (κ3) is 5.34. The zero-order chi connectivity index (χ0) is 19.4. The van der Waals surface area contributed by atoms with Gasteiger partial charge in [0.25, 0.3) is 0 Å². The maximum atomic E-state index is 12.7. The Bertz CT molecular complexity index is 652. The van der Waals surface area contributed by atoms with Crippen LogP contribution in [0.4, 0.5) is 13.2 Å². The molecular weight excluding hydrogens is 359 g/mol. The van der Waals surface area contributed by atoms with Gasteiger partial charge in [0.1, 0.15) is 6.10 Å². The molecule has 1 saturated heterocycles. The maximum Gasteiger partial charge on any atom is 0.391 e. The van der Waals surface area contributed by atoms with E-state index >= 15 is 0 Å². The predicted molar refractivity (Wildman–Crippen MR) is 94.3 cm³/mol. The number of hydrogen-bond donors (Lipinski definition) is 2. The molecule has 27 heavy (non-hydrogen) atoms. The van der Waals surface area contributed by atoms with Crippen LogP contribution in [-0.2, 0) is 11.3 Å². The minimum Gasteiger partial charge on any atom is -0.474 e. The number of alkyl halides is 3. The van der Waals surface area contributed by atoms with E-state index in [0.29, 0.717) is 25.3 Å². The van der Waals surface area contributed by atoms with Crippen LogP contribution in [0.2, 0.25) is 0 Å². The summed E-state index contributed by atoms with van der Waals surface area (Å²) in [6, 6.07) is 3.45. The fourth-order valence-electron chi connectivity index (χ4n) is 3.71. The summed E-state index contributed by atoms with van der Waals surface area (Å²) >= 11 is 0. The standard InChI is InChI=1S/C19H26F3N3O2/c1-12-13(11-24-18(26)16-3-2-10-23-16)4-9-17(25-12)27-15-7-5-14(6-8-15)19(20,21)22/h4,9,14-16,23H,2-3,5-8,10-11H2,1H3,(H,24,26)/t14?,15?,16-/m0/s1. The quantitative estimate of drug-likeness (QED) is 0.817. The van der Waals surface area contributed by atoms with Crippen LogP contribution in [0.5, 0.6) is 5.88 Å². The predicted octanol–water partition coefficient (Wildman–Crippen LogP) is 3.26. The summed E-state index contributed by atoms with van der Waals surface area (Å²) in [5.41, 5.74) is 1.64. The van der Waals surface area contributed by atoms with Gasteiger partial charge in [-0.3, -0.25) is 4.79 Å². The first-order valence-corrected chi connectivity index (χ1v) is 9.54. The van der Waals surface area contributed by atoms with Gasteiger partial charge in [-0.1, -0.05) is 6.07 Å². The SMILES string of the molecule is Cc1nc(OC2CCC(C(F)(F)F)CC2)ccc1CNC(=O)[C@@H]1CCCN1. The molecule has 0 unspecified atom stereocenters. The lowest BCUT2D eigenvalue weighted by Crippen LogP contribution is -2.40. The second-order valence-electron chi connectivity index (χ2n) is 7.39. The first-order chi connectivity index (χ1) is 12.8. The molecular formula is C19H26F3N3O2. The number of rotatable bonds is 5. The van der Waals surface area contributed by atoms with Crippen LogP contribution in [0, 0.1) is 12.8 Å². The zero-order valence-electron chi connectivity index (χ0n) is 15.4. The molecule has 150 valence electrons.